The molecule has 1 amide bonds. The van der Waals surface area contributed by atoms with E-state index in [2.05, 4.69) is 20.9 Å². The summed E-state index contributed by atoms with van der Waals surface area (Å²) in [6.07, 6.45) is 6.89. The lowest BCUT2D eigenvalue weighted by Gasteiger charge is -2.20. The fourth-order valence-electron chi connectivity index (χ4n) is 3.51. The van der Waals surface area contributed by atoms with Crippen molar-refractivity contribution in [3.63, 3.8) is 0 Å². The second kappa shape index (κ2) is 14.3. The van der Waals surface area contributed by atoms with Crippen molar-refractivity contribution in [2.45, 2.75) is 45.1 Å². The molecule has 2 rings (SSSR count). The maximum Gasteiger partial charge on any atom is 0.220 e. The molecule has 0 heterocycles. The van der Waals surface area contributed by atoms with Crippen molar-refractivity contribution in [2.24, 2.45) is 10.9 Å². The number of hydrogen-bond acceptors (Lipinski definition) is 4. The summed E-state index contributed by atoms with van der Waals surface area (Å²) < 4.78 is 10.6. The van der Waals surface area contributed by atoms with Gasteiger partial charge in [0, 0.05) is 33.1 Å². The molecule has 1 aliphatic rings. The molecule has 1 aromatic rings. The van der Waals surface area contributed by atoms with Crippen molar-refractivity contribution < 1.29 is 14.3 Å². The summed E-state index contributed by atoms with van der Waals surface area (Å²) >= 11 is 0. The van der Waals surface area contributed by atoms with Gasteiger partial charge in [-0.25, -0.2) is 0 Å². The second-order valence-electron chi connectivity index (χ2n) is 7.10. The molecule has 7 nitrogen and oxygen atoms in total. The van der Waals surface area contributed by atoms with Gasteiger partial charge in [-0.05, 0) is 36.5 Å². The topological polar surface area (TPSA) is 84.0 Å². The van der Waals surface area contributed by atoms with Crippen molar-refractivity contribution in [1.29, 1.82) is 0 Å². The van der Waals surface area contributed by atoms with Crippen LogP contribution in [-0.2, 0) is 11.3 Å². The first kappa shape index (κ1) is 25.3. The highest BCUT2D eigenvalue weighted by Gasteiger charge is 2.16. The number of carbonyl (C=O) groups is 1. The van der Waals surface area contributed by atoms with E-state index in [1.54, 1.807) is 21.3 Å². The molecule has 0 spiro atoms. The van der Waals surface area contributed by atoms with Crippen LogP contribution in [0.4, 0.5) is 0 Å². The van der Waals surface area contributed by atoms with Crippen molar-refractivity contribution in [3.05, 3.63) is 23.8 Å². The van der Waals surface area contributed by atoms with E-state index in [9.17, 15) is 4.79 Å². The molecular weight excluding hydrogens is 483 g/mol. The summed E-state index contributed by atoms with van der Waals surface area (Å²) in [6.45, 7) is 1.82. The molecule has 29 heavy (non-hydrogen) atoms. The number of halogens is 1. The summed E-state index contributed by atoms with van der Waals surface area (Å²) in [4.78, 5) is 16.3. The number of hydrogen-bond donors (Lipinski definition) is 3. The van der Waals surface area contributed by atoms with E-state index in [0.29, 0.717) is 49.4 Å². The van der Waals surface area contributed by atoms with E-state index in [4.69, 9.17) is 9.47 Å². The third-order valence-corrected chi connectivity index (χ3v) is 5.07. The molecule has 0 bridgehead atoms. The largest absolute Gasteiger partial charge is 0.493 e. The van der Waals surface area contributed by atoms with Gasteiger partial charge in [0.25, 0.3) is 0 Å². The van der Waals surface area contributed by atoms with Crippen molar-refractivity contribution >= 4 is 35.8 Å². The number of rotatable bonds is 9. The third-order valence-electron chi connectivity index (χ3n) is 5.07. The van der Waals surface area contributed by atoms with Gasteiger partial charge < -0.3 is 25.4 Å². The molecule has 0 aliphatic heterocycles. The highest BCUT2D eigenvalue weighted by atomic mass is 127. The zero-order valence-electron chi connectivity index (χ0n) is 17.8. The Labute approximate surface area is 191 Å². The fourth-order valence-corrected chi connectivity index (χ4v) is 3.51. The van der Waals surface area contributed by atoms with Crippen LogP contribution in [0.15, 0.2) is 23.2 Å². The van der Waals surface area contributed by atoms with Crippen LogP contribution >= 0.6 is 24.0 Å². The van der Waals surface area contributed by atoms with Gasteiger partial charge >= 0.3 is 0 Å². The van der Waals surface area contributed by atoms with Gasteiger partial charge in [0.1, 0.15) is 0 Å². The minimum Gasteiger partial charge on any atom is -0.493 e. The summed E-state index contributed by atoms with van der Waals surface area (Å²) in [5.74, 6) is 2.82. The first-order chi connectivity index (χ1) is 13.7. The van der Waals surface area contributed by atoms with Crippen molar-refractivity contribution in [2.75, 3.05) is 34.4 Å². The summed E-state index contributed by atoms with van der Waals surface area (Å²) in [5, 5.41) is 9.47. The molecule has 8 heteroatoms. The van der Waals surface area contributed by atoms with Crippen LogP contribution in [0.2, 0.25) is 0 Å². The Hall–Kier alpha value is -1.71. The molecule has 0 atom stereocenters. The quantitative estimate of drug-likeness (QED) is 0.203. The Kier molecular flexibility index (Phi) is 12.5. The monoisotopic (exact) mass is 518 g/mol. The van der Waals surface area contributed by atoms with Crippen LogP contribution in [0.5, 0.6) is 11.5 Å². The van der Waals surface area contributed by atoms with Crippen LogP contribution in [-0.4, -0.2) is 46.2 Å². The number of aliphatic imine (C=N–C) groups is 1. The van der Waals surface area contributed by atoms with Gasteiger partial charge in [-0.1, -0.05) is 25.3 Å². The number of guanidine groups is 1. The average Bonchev–Trinajstić information content (AvgIpc) is 2.73. The van der Waals surface area contributed by atoms with Gasteiger partial charge in [-0.15, -0.1) is 24.0 Å². The molecular formula is C21H35IN4O3. The minimum absolute atomic E-state index is 0. The molecule has 0 radical (unpaired) electrons. The number of nitrogens with one attached hydrogen (secondary N) is 3. The van der Waals surface area contributed by atoms with Gasteiger partial charge in [0.15, 0.2) is 17.5 Å². The van der Waals surface area contributed by atoms with E-state index in [0.717, 1.165) is 5.56 Å². The first-order valence-corrected chi connectivity index (χ1v) is 10.1. The van der Waals surface area contributed by atoms with Gasteiger partial charge in [-0.2, -0.15) is 0 Å². The third kappa shape index (κ3) is 9.10. The summed E-state index contributed by atoms with van der Waals surface area (Å²) in [5.41, 5.74) is 1.06. The molecule has 0 unspecified atom stereocenters. The van der Waals surface area contributed by atoms with Crippen molar-refractivity contribution in [1.82, 2.24) is 16.0 Å². The van der Waals surface area contributed by atoms with E-state index in [1.165, 1.54) is 32.1 Å². The predicted molar refractivity (Wildman–Crippen MR) is 127 cm³/mol. The van der Waals surface area contributed by atoms with E-state index in [1.807, 2.05) is 18.2 Å². The number of ether oxygens (including phenoxy) is 2. The average molecular weight is 518 g/mol. The van der Waals surface area contributed by atoms with Crippen LogP contribution in [0.25, 0.3) is 0 Å². The second-order valence-corrected chi connectivity index (χ2v) is 7.10. The molecule has 1 saturated carbocycles. The van der Waals surface area contributed by atoms with Gasteiger partial charge in [-0.3, -0.25) is 9.79 Å². The summed E-state index contributed by atoms with van der Waals surface area (Å²) in [7, 11) is 4.97. The van der Waals surface area contributed by atoms with Gasteiger partial charge in [0.2, 0.25) is 5.91 Å². The first-order valence-electron chi connectivity index (χ1n) is 10.1. The standard InChI is InChI=1S/C21H34N4O3.HI/c1-22-21(25-15-17-9-10-18(27-2)19(13-17)28-3)24-12-11-23-20(26)14-16-7-5-4-6-8-16;/h9-10,13,16H,4-8,11-12,14-15H2,1-3H3,(H,23,26)(H2,22,24,25);1H. The SMILES string of the molecule is CN=C(NCCNC(=O)CC1CCCCC1)NCc1ccc(OC)c(OC)c1.I. The van der Waals surface area contributed by atoms with Crippen LogP contribution in [0, 0.1) is 5.92 Å². The maximum absolute atomic E-state index is 12.0. The summed E-state index contributed by atoms with van der Waals surface area (Å²) in [6, 6.07) is 5.80. The molecule has 0 saturated heterocycles. The van der Waals surface area contributed by atoms with E-state index < -0.39 is 0 Å². The number of methoxy groups -OCH3 is 2. The number of amides is 1. The lowest BCUT2D eigenvalue weighted by molar-refractivity contribution is -0.122. The minimum atomic E-state index is 0. The number of benzene rings is 1. The Balaban J connectivity index is 0.00000420. The normalized spacial score (nSPS) is 14.5. The molecule has 1 aromatic carbocycles. The lowest BCUT2D eigenvalue weighted by Crippen LogP contribution is -2.41. The fraction of sp³-hybridized carbons (Fsp3) is 0.619. The van der Waals surface area contributed by atoms with E-state index in [-0.39, 0.29) is 29.9 Å². The molecule has 1 fully saturated rings. The number of nitrogens with zero attached hydrogens (tertiary/aromatic N) is 1. The van der Waals surface area contributed by atoms with E-state index >= 15 is 0 Å². The van der Waals surface area contributed by atoms with Crippen LogP contribution < -0.4 is 25.4 Å². The Morgan fingerprint density at radius 3 is 2.38 bits per heavy atom. The molecule has 164 valence electrons. The Morgan fingerprint density at radius 1 is 1.03 bits per heavy atom. The maximum atomic E-state index is 12.0. The smallest absolute Gasteiger partial charge is 0.220 e. The predicted octanol–water partition coefficient (Wildman–Crippen LogP) is 3.07. The Morgan fingerprint density at radius 2 is 1.72 bits per heavy atom. The van der Waals surface area contributed by atoms with Gasteiger partial charge in [0.05, 0.1) is 14.2 Å². The zero-order chi connectivity index (χ0) is 20.2. The number of carbonyl (C=O) groups excluding carboxylic acids is 1. The van der Waals surface area contributed by atoms with Crippen molar-refractivity contribution in [3.8, 4) is 11.5 Å². The highest BCUT2D eigenvalue weighted by Crippen LogP contribution is 2.27. The highest BCUT2D eigenvalue weighted by molar-refractivity contribution is 14.0. The molecule has 0 aromatic heterocycles. The molecule has 3 N–H and O–H groups in total. The lowest BCUT2D eigenvalue weighted by atomic mass is 9.87. The Bertz CT molecular complexity index is 649. The van der Waals surface area contributed by atoms with Crippen LogP contribution in [0.3, 0.4) is 0 Å². The zero-order valence-corrected chi connectivity index (χ0v) is 20.1. The van der Waals surface area contributed by atoms with Crippen LogP contribution in [0.1, 0.15) is 44.1 Å². The molecule has 1 aliphatic carbocycles.